The maximum atomic E-state index is 13.1. The van der Waals surface area contributed by atoms with Crippen molar-refractivity contribution in [1.29, 1.82) is 0 Å². The van der Waals surface area contributed by atoms with Gasteiger partial charge in [0.2, 0.25) is 5.95 Å². The summed E-state index contributed by atoms with van der Waals surface area (Å²) in [6.07, 6.45) is 3.43. The van der Waals surface area contributed by atoms with Gasteiger partial charge >= 0.3 is 0 Å². The second-order valence-electron chi connectivity index (χ2n) is 4.81. The zero-order valence-corrected chi connectivity index (χ0v) is 13.1. The van der Waals surface area contributed by atoms with Crippen LogP contribution in [0.5, 0.6) is 5.75 Å². The van der Waals surface area contributed by atoms with Gasteiger partial charge in [-0.15, -0.1) is 6.58 Å². The lowest BCUT2D eigenvalue weighted by Crippen LogP contribution is -2.12. The molecule has 0 aliphatic rings. The molecule has 0 amide bonds. The molecule has 22 heavy (non-hydrogen) atoms. The van der Waals surface area contributed by atoms with Crippen LogP contribution in [0.4, 0.5) is 10.1 Å². The molecule has 0 bridgehead atoms. The second kappa shape index (κ2) is 7.80. The van der Waals surface area contributed by atoms with Crippen LogP contribution < -0.4 is 10.1 Å². The highest BCUT2D eigenvalue weighted by Gasteiger charge is 2.16. The van der Waals surface area contributed by atoms with E-state index in [-0.39, 0.29) is 11.2 Å². The van der Waals surface area contributed by atoms with Gasteiger partial charge in [0.1, 0.15) is 10.9 Å². The van der Waals surface area contributed by atoms with E-state index < -0.39 is 5.95 Å². The quantitative estimate of drug-likeness (QED) is 0.575. The highest BCUT2D eigenvalue weighted by atomic mass is 35.5. The van der Waals surface area contributed by atoms with E-state index in [1.165, 1.54) is 6.07 Å². The van der Waals surface area contributed by atoms with Gasteiger partial charge in [-0.2, -0.15) is 4.39 Å². The Morgan fingerprint density at radius 1 is 1.32 bits per heavy atom. The van der Waals surface area contributed by atoms with Crippen molar-refractivity contribution in [3.63, 3.8) is 0 Å². The Kier molecular flexibility index (Phi) is 5.78. The van der Waals surface area contributed by atoms with Gasteiger partial charge in [0.05, 0.1) is 13.2 Å². The summed E-state index contributed by atoms with van der Waals surface area (Å²) >= 11 is 6.08. The summed E-state index contributed by atoms with van der Waals surface area (Å²) in [5.41, 5.74) is 1.69. The van der Waals surface area contributed by atoms with E-state index in [0.717, 1.165) is 29.8 Å². The molecule has 0 fully saturated rings. The van der Waals surface area contributed by atoms with Crippen molar-refractivity contribution in [2.75, 3.05) is 12.4 Å². The number of methoxy groups -OCH3 is 1. The summed E-state index contributed by atoms with van der Waals surface area (Å²) in [4.78, 5) is 3.68. The normalized spacial score (nSPS) is 11.8. The molecule has 5 heteroatoms. The number of hydrogen-bond donors (Lipinski definition) is 1. The third kappa shape index (κ3) is 4.21. The Labute approximate surface area is 134 Å². The minimum Gasteiger partial charge on any atom is -0.497 e. The first-order valence-corrected chi connectivity index (χ1v) is 7.35. The van der Waals surface area contributed by atoms with Crippen molar-refractivity contribution >= 4 is 17.3 Å². The molecule has 0 radical (unpaired) electrons. The minimum absolute atomic E-state index is 0.0769. The molecule has 1 aromatic carbocycles. The Bertz CT molecular complexity index is 631. The number of anilines is 1. The molecule has 1 atom stereocenters. The number of nitrogens with one attached hydrogen (secondary N) is 1. The number of benzene rings is 1. The van der Waals surface area contributed by atoms with Crippen molar-refractivity contribution in [2.24, 2.45) is 0 Å². The number of aromatic nitrogens is 1. The first-order valence-electron chi connectivity index (χ1n) is 6.97. The summed E-state index contributed by atoms with van der Waals surface area (Å²) in [5, 5.41) is 3.57. The van der Waals surface area contributed by atoms with Crippen molar-refractivity contribution < 1.29 is 9.13 Å². The molecule has 0 saturated heterocycles. The minimum atomic E-state index is -0.583. The topological polar surface area (TPSA) is 34.1 Å². The molecule has 116 valence electrons. The predicted molar refractivity (Wildman–Crippen MR) is 88.0 cm³/mol. The number of ether oxygens (including phenoxy) is 1. The van der Waals surface area contributed by atoms with Crippen molar-refractivity contribution in [3.8, 4) is 5.75 Å². The van der Waals surface area contributed by atoms with Crippen LogP contribution in [-0.2, 0) is 0 Å². The standard InChI is InChI=1S/C17H18ClFN2O/c1-3-4-5-15(14-10-11-16(19)21-17(14)18)20-12-6-8-13(22-2)9-7-12/h3,6-11,15,20H,1,4-5H2,2H3. The van der Waals surface area contributed by atoms with Crippen LogP contribution in [0.3, 0.4) is 0 Å². The number of nitrogens with zero attached hydrogens (tertiary/aromatic N) is 1. The largest absolute Gasteiger partial charge is 0.497 e. The first kappa shape index (κ1) is 16.3. The highest BCUT2D eigenvalue weighted by Crippen LogP contribution is 2.29. The van der Waals surface area contributed by atoms with Gasteiger partial charge in [0.25, 0.3) is 0 Å². The fraction of sp³-hybridized carbons (Fsp3) is 0.235. The monoisotopic (exact) mass is 320 g/mol. The van der Waals surface area contributed by atoms with Crippen molar-refractivity contribution in [2.45, 2.75) is 18.9 Å². The zero-order valence-electron chi connectivity index (χ0n) is 12.4. The van der Waals surface area contributed by atoms with E-state index in [1.54, 1.807) is 13.2 Å². The smallest absolute Gasteiger partial charge is 0.214 e. The Morgan fingerprint density at radius 2 is 2.05 bits per heavy atom. The summed E-state index contributed by atoms with van der Waals surface area (Å²) in [6, 6.07) is 10.5. The van der Waals surface area contributed by atoms with Crippen LogP contribution in [0.1, 0.15) is 24.4 Å². The number of halogens is 2. The molecule has 3 nitrogen and oxygen atoms in total. The summed E-state index contributed by atoms with van der Waals surface area (Å²) < 4.78 is 18.3. The molecule has 0 aliphatic carbocycles. The van der Waals surface area contributed by atoms with Gasteiger partial charge in [-0.05, 0) is 49.2 Å². The SMILES string of the molecule is C=CCCC(Nc1ccc(OC)cc1)c1ccc(F)nc1Cl. The number of pyridine rings is 1. The summed E-state index contributed by atoms with van der Waals surface area (Å²) in [5.74, 6) is 0.204. The van der Waals surface area contributed by atoms with Crippen LogP contribution in [0.15, 0.2) is 49.1 Å². The van der Waals surface area contributed by atoms with Gasteiger partial charge in [0.15, 0.2) is 0 Å². The van der Waals surface area contributed by atoms with Gasteiger partial charge in [-0.25, -0.2) is 4.98 Å². The number of hydrogen-bond acceptors (Lipinski definition) is 3. The average Bonchev–Trinajstić information content (AvgIpc) is 2.52. The molecule has 1 unspecified atom stereocenters. The molecule has 1 N–H and O–H groups in total. The lowest BCUT2D eigenvalue weighted by atomic mass is 10.0. The van der Waals surface area contributed by atoms with E-state index >= 15 is 0 Å². The highest BCUT2D eigenvalue weighted by molar-refractivity contribution is 6.30. The fourth-order valence-electron chi connectivity index (χ4n) is 2.16. The Morgan fingerprint density at radius 3 is 2.64 bits per heavy atom. The van der Waals surface area contributed by atoms with E-state index in [2.05, 4.69) is 16.9 Å². The first-order chi connectivity index (χ1) is 10.6. The van der Waals surface area contributed by atoms with E-state index in [4.69, 9.17) is 16.3 Å². The molecule has 1 aromatic heterocycles. The van der Waals surface area contributed by atoms with Gasteiger partial charge in [-0.1, -0.05) is 17.7 Å². The second-order valence-corrected chi connectivity index (χ2v) is 5.16. The van der Waals surface area contributed by atoms with Crippen LogP contribution in [0.25, 0.3) is 0 Å². The third-order valence-electron chi connectivity index (χ3n) is 3.31. The summed E-state index contributed by atoms with van der Waals surface area (Å²) in [6.45, 7) is 3.74. The van der Waals surface area contributed by atoms with Crippen molar-refractivity contribution in [1.82, 2.24) is 4.98 Å². The summed E-state index contributed by atoms with van der Waals surface area (Å²) in [7, 11) is 1.62. The predicted octanol–water partition coefficient (Wildman–Crippen LogP) is 5.00. The fourth-order valence-corrected chi connectivity index (χ4v) is 2.44. The third-order valence-corrected chi connectivity index (χ3v) is 3.61. The van der Waals surface area contributed by atoms with Gasteiger partial charge in [-0.3, -0.25) is 0 Å². The maximum Gasteiger partial charge on any atom is 0.214 e. The molecule has 1 heterocycles. The van der Waals surface area contributed by atoms with Crippen LogP contribution in [0, 0.1) is 5.95 Å². The van der Waals surface area contributed by atoms with Crippen LogP contribution in [0.2, 0.25) is 5.15 Å². The Balaban J connectivity index is 2.22. The van der Waals surface area contributed by atoms with Gasteiger partial charge in [0, 0.05) is 11.3 Å². The Hall–Kier alpha value is -2.07. The van der Waals surface area contributed by atoms with E-state index in [1.807, 2.05) is 30.3 Å². The lowest BCUT2D eigenvalue weighted by molar-refractivity contribution is 0.415. The zero-order chi connectivity index (χ0) is 15.9. The molecule has 0 spiro atoms. The van der Waals surface area contributed by atoms with E-state index in [9.17, 15) is 4.39 Å². The molecule has 0 aliphatic heterocycles. The molecule has 2 rings (SSSR count). The molecule has 2 aromatic rings. The number of rotatable bonds is 7. The molecular weight excluding hydrogens is 303 g/mol. The lowest BCUT2D eigenvalue weighted by Gasteiger charge is -2.21. The van der Waals surface area contributed by atoms with Crippen LogP contribution in [-0.4, -0.2) is 12.1 Å². The molecule has 0 saturated carbocycles. The molecular formula is C17H18ClFN2O. The van der Waals surface area contributed by atoms with Gasteiger partial charge < -0.3 is 10.1 Å². The van der Waals surface area contributed by atoms with Crippen LogP contribution >= 0.6 is 11.6 Å². The van der Waals surface area contributed by atoms with E-state index in [0.29, 0.717) is 0 Å². The average molecular weight is 321 g/mol. The maximum absolute atomic E-state index is 13.1. The van der Waals surface area contributed by atoms with Crippen molar-refractivity contribution in [3.05, 3.63) is 65.7 Å². The number of allylic oxidation sites excluding steroid dienone is 1.